The number of β-lactam (4-membered cyclic amide) rings is 1. The van der Waals surface area contributed by atoms with Gasteiger partial charge in [0.2, 0.25) is 11.8 Å². The molecule has 0 aromatic heterocycles. The molecule has 1 aromatic carbocycles. The van der Waals surface area contributed by atoms with Crippen LogP contribution in [-0.2, 0) is 35.1 Å². The fourth-order valence-electron chi connectivity index (χ4n) is 4.45. The van der Waals surface area contributed by atoms with Gasteiger partial charge in [-0.25, -0.2) is 9.59 Å². The van der Waals surface area contributed by atoms with Gasteiger partial charge in [0.1, 0.15) is 17.5 Å². The van der Waals surface area contributed by atoms with Crippen LogP contribution in [0.4, 0.5) is 0 Å². The van der Waals surface area contributed by atoms with Gasteiger partial charge >= 0.3 is 11.9 Å². The van der Waals surface area contributed by atoms with Crippen LogP contribution in [0.2, 0.25) is 0 Å². The van der Waals surface area contributed by atoms with Crippen LogP contribution in [0.5, 0.6) is 0 Å². The molecule has 9 heteroatoms. The molecule has 0 unspecified atom stereocenters. The number of nitrogens with one attached hydrogen (secondary N) is 1. The number of methoxy groups -OCH3 is 1. The SMILES string of the molecule is CCCCCC[C@H](OC(=O)[C@@H]1N2C(=O)[C@@H](NC(=O)Cc3ccccc3)[C@H]2SC1(C)C)C(=O)OC. The number of unbranched alkanes of at least 4 members (excludes halogenated alkanes) is 3. The minimum absolute atomic E-state index is 0.176. The van der Waals surface area contributed by atoms with Crippen LogP contribution in [0.25, 0.3) is 0 Å². The molecule has 0 radical (unpaired) electrons. The summed E-state index contributed by atoms with van der Waals surface area (Å²) in [6.45, 7) is 5.83. The predicted molar refractivity (Wildman–Crippen MR) is 129 cm³/mol. The summed E-state index contributed by atoms with van der Waals surface area (Å²) in [6, 6.07) is 7.76. The van der Waals surface area contributed by atoms with Crippen molar-refractivity contribution in [3.05, 3.63) is 35.9 Å². The molecule has 2 fully saturated rings. The van der Waals surface area contributed by atoms with E-state index in [1.54, 1.807) is 0 Å². The molecule has 0 bridgehead atoms. The third-order valence-electron chi connectivity index (χ3n) is 6.23. The molecule has 1 aromatic rings. The summed E-state index contributed by atoms with van der Waals surface area (Å²) in [6.07, 6.45) is 3.33. The smallest absolute Gasteiger partial charge is 0.347 e. The summed E-state index contributed by atoms with van der Waals surface area (Å²) in [5.41, 5.74) is 0.859. The summed E-state index contributed by atoms with van der Waals surface area (Å²) in [5, 5.41) is 2.45. The van der Waals surface area contributed by atoms with Crippen molar-refractivity contribution in [1.29, 1.82) is 0 Å². The monoisotopic (exact) mass is 490 g/mol. The van der Waals surface area contributed by atoms with Crippen molar-refractivity contribution >= 4 is 35.5 Å². The van der Waals surface area contributed by atoms with Crippen LogP contribution in [0.15, 0.2) is 30.3 Å². The Morgan fingerprint density at radius 2 is 1.85 bits per heavy atom. The number of carbonyl (C=O) groups is 4. The van der Waals surface area contributed by atoms with Gasteiger partial charge in [-0.1, -0.05) is 56.5 Å². The summed E-state index contributed by atoms with van der Waals surface area (Å²) in [4.78, 5) is 52.3. The summed E-state index contributed by atoms with van der Waals surface area (Å²) in [7, 11) is 1.27. The van der Waals surface area contributed by atoms with Gasteiger partial charge in [0.05, 0.1) is 13.5 Å². The number of hydrogen-bond donors (Lipinski definition) is 1. The number of fused-ring (bicyclic) bond motifs is 1. The Labute approximate surface area is 205 Å². The van der Waals surface area contributed by atoms with E-state index in [0.29, 0.717) is 6.42 Å². The molecule has 2 aliphatic heterocycles. The molecular weight excluding hydrogens is 456 g/mol. The van der Waals surface area contributed by atoms with Gasteiger partial charge in [0.25, 0.3) is 0 Å². The van der Waals surface area contributed by atoms with Gasteiger partial charge < -0.3 is 19.7 Å². The number of ether oxygens (including phenoxy) is 2. The number of benzene rings is 1. The van der Waals surface area contributed by atoms with E-state index in [-0.39, 0.29) is 23.6 Å². The maximum atomic E-state index is 13.2. The molecule has 2 heterocycles. The molecule has 1 N–H and O–H groups in total. The molecule has 2 aliphatic rings. The van der Waals surface area contributed by atoms with Crippen molar-refractivity contribution in [2.24, 2.45) is 0 Å². The average Bonchev–Trinajstić information content (AvgIpc) is 3.07. The fourth-order valence-corrected chi connectivity index (χ4v) is 6.07. The largest absolute Gasteiger partial charge is 0.466 e. The van der Waals surface area contributed by atoms with Gasteiger partial charge in [-0.15, -0.1) is 11.8 Å². The number of esters is 2. The number of carbonyl (C=O) groups excluding carboxylic acids is 4. The number of hydrogen-bond acceptors (Lipinski definition) is 7. The number of thioether (sulfide) groups is 1. The first-order chi connectivity index (χ1) is 16.2. The summed E-state index contributed by atoms with van der Waals surface area (Å²) in [5.74, 6) is -1.77. The molecule has 0 saturated carbocycles. The molecule has 0 spiro atoms. The van der Waals surface area contributed by atoms with E-state index in [4.69, 9.17) is 9.47 Å². The van der Waals surface area contributed by atoms with Crippen LogP contribution in [-0.4, -0.2) is 64.1 Å². The molecule has 34 heavy (non-hydrogen) atoms. The summed E-state index contributed by atoms with van der Waals surface area (Å²) < 4.78 is 9.78. The van der Waals surface area contributed by atoms with Crippen molar-refractivity contribution in [2.75, 3.05) is 7.11 Å². The highest BCUT2D eigenvalue weighted by molar-refractivity contribution is 8.01. The third-order valence-corrected chi connectivity index (χ3v) is 7.80. The Hall–Kier alpha value is -2.55. The van der Waals surface area contributed by atoms with Crippen LogP contribution in [0.1, 0.15) is 58.4 Å². The second-order valence-corrected chi connectivity index (χ2v) is 11.0. The minimum atomic E-state index is -0.994. The van der Waals surface area contributed by atoms with E-state index in [1.807, 2.05) is 44.2 Å². The van der Waals surface area contributed by atoms with Crippen LogP contribution >= 0.6 is 11.8 Å². The van der Waals surface area contributed by atoms with E-state index >= 15 is 0 Å². The normalized spacial score (nSPS) is 23.5. The van der Waals surface area contributed by atoms with Crippen LogP contribution < -0.4 is 5.32 Å². The van der Waals surface area contributed by atoms with Gasteiger partial charge in [-0.05, 0) is 32.3 Å². The lowest BCUT2D eigenvalue weighted by Gasteiger charge is -2.44. The first-order valence-electron chi connectivity index (χ1n) is 11.8. The maximum absolute atomic E-state index is 13.2. The molecule has 3 rings (SSSR count). The first-order valence-corrected chi connectivity index (χ1v) is 12.7. The Bertz CT molecular complexity index is 906. The van der Waals surface area contributed by atoms with Gasteiger partial charge in [-0.3, -0.25) is 9.59 Å². The van der Waals surface area contributed by atoms with E-state index in [0.717, 1.165) is 31.2 Å². The summed E-state index contributed by atoms with van der Waals surface area (Å²) >= 11 is 1.45. The van der Waals surface area contributed by atoms with Crippen molar-refractivity contribution < 1.29 is 28.7 Å². The highest BCUT2D eigenvalue weighted by Gasteiger charge is 2.64. The Kier molecular flexibility index (Phi) is 8.62. The fraction of sp³-hybridized carbons (Fsp3) is 0.600. The van der Waals surface area contributed by atoms with Crippen molar-refractivity contribution in [2.45, 2.75) is 87.6 Å². The highest BCUT2D eigenvalue weighted by Crippen LogP contribution is 2.51. The maximum Gasteiger partial charge on any atom is 0.347 e. The molecule has 0 aliphatic carbocycles. The first kappa shape index (κ1) is 26.1. The zero-order valence-electron chi connectivity index (χ0n) is 20.2. The molecule has 8 nitrogen and oxygen atoms in total. The van der Waals surface area contributed by atoms with E-state index in [1.165, 1.54) is 23.8 Å². The predicted octanol–water partition coefficient (Wildman–Crippen LogP) is 2.83. The van der Waals surface area contributed by atoms with E-state index in [2.05, 4.69) is 12.2 Å². The lowest BCUT2D eigenvalue weighted by Crippen LogP contribution is -2.71. The van der Waals surface area contributed by atoms with E-state index in [9.17, 15) is 19.2 Å². The van der Waals surface area contributed by atoms with Crippen LogP contribution in [0.3, 0.4) is 0 Å². The number of amides is 2. The number of nitrogens with zero attached hydrogens (tertiary/aromatic N) is 1. The quantitative estimate of drug-likeness (QED) is 0.289. The average molecular weight is 491 g/mol. The highest BCUT2D eigenvalue weighted by atomic mass is 32.2. The third kappa shape index (κ3) is 5.74. The lowest BCUT2D eigenvalue weighted by atomic mass is 9.95. The zero-order valence-corrected chi connectivity index (χ0v) is 21.1. The Morgan fingerprint density at radius 1 is 1.15 bits per heavy atom. The van der Waals surface area contributed by atoms with Crippen molar-refractivity contribution in [3.8, 4) is 0 Å². The molecule has 2 saturated heterocycles. The second kappa shape index (κ2) is 11.3. The van der Waals surface area contributed by atoms with Crippen LogP contribution in [0, 0.1) is 0 Å². The molecule has 186 valence electrons. The molecular formula is C25H34N2O6S. The van der Waals surface area contributed by atoms with E-state index < -0.39 is 34.9 Å². The minimum Gasteiger partial charge on any atom is -0.466 e. The topological polar surface area (TPSA) is 102 Å². The van der Waals surface area contributed by atoms with Gasteiger partial charge in [-0.2, -0.15) is 0 Å². The lowest BCUT2D eigenvalue weighted by molar-refractivity contribution is -0.175. The van der Waals surface area contributed by atoms with Gasteiger partial charge in [0, 0.05) is 4.75 Å². The Balaban J connectivity index is 1.63. The zero-order chi connectivity index (χ0) is 24.9. The molecule has 4 atom stereocenters. The standard InChI is InChI=1S/C25H34N2O6S/c1-5-6-7-11-14-17(23(30)32-4)33-24(31)20-25(2,3)34-22-19(21(29)27(20)22)26-18(28)15-16-12-9-8-10-13-16/h8-10,12-13,17,19-20,22H,5-7,11,14-15H2,1-4H3,(H,26,28)/t17-,19+,20-,22+/m0/s1. The van der Waals surface area contributed by atoms with Crippen molar-refractivity contribution in [3.63, 3.8) is 0 Å². The second-order valence-electron chi connectivity index (χ2n) is 9.27. The molecule has 2 amide bonds. The number of rotatable bonds is 11. The van der Waals surface area contributed by atoms with Gasteiger partial charge in [0.15, 0.2) is 6.10 Å². The Morgan fingerprint density at radius 3 is 2.50 bits per heavy atom. The van der Waals surface area contributed by atoms with Crippen molar-refractivity contribution in [1.82, 2.24) is 10.2 Å².